The first-order chi connectivity index (χ1) is 11.4. The maximum atomic E-state index is 11.3. The third kappa shape index (κ3) is 12.5. The molecule has 0 saturated heterocycles. The van der Waals surface area contributed by atoms with Crippen molar-refractivity contribution in [3.63, 3.8) is 0 Å². The third-order valence-corrected chi connectivity index (χ3v) is 4.68. The number of nitrogens with one attached hydrogen (secondary N) is 1. The maximum absolute atomic E-state index is 11.3. The van der Waals surface area contributed by atoms with E-state index in [-0.39, 0.29) is 5.91 Å². The van der Waals surface area contributed by atoms with Gasteiger partial charge in [-0.15, -0.1) is 0 Å². The van der Waals surface area contributed by atoms with Crippen molar-refractivity contribution in [2.75, 3.05) is 18.9 Å². The molecule has 0 spiro atoms. The normalized spacial score (nSPS) is 15.1. The number of ether oxygens (including phenoxy) is 1. The summed E-state index contributed by atoms with van der Waals surface area (Å²) in [5, 5.41) is 2.85. The van der Waals surface area contributed by atoms with Crippen LogP contribution >= 0.6 is 12.6 Å². The summed E-state index contributed by atoms with van der Waals surface area (Å²) in [7, 11) is 0. The van der Waals surface area contributed by atoms with Crippen LogP contribution < -0.4 is 5.32 Å². The number of allylic oxidation sites excluding steroid dienone is 4. The van der Waals surface area contributed by atoms with Crippen LogP contribution in [0.1, 0.15) is 66.7 Å². The van der Waals surface area contributed by atoms with Crippen molar-refractivity contribution in [2.45, 2.75) is 66.7 Å². The van der Waals surface area contributed by atoms with Crippen LogP contribution in [-0.2, 0) is 9.53 Å². The van der Waals surface area contributed by atoms with E-state index in [0.717, 1.165) is 18.1 Å². The summed E-state index contributed by atoms with van der Waals surface area (Å²) in [4.78, 5) is 11.3. The van der Waals surface area contributed by atoms with Crippen molar-refractivity contribution in [3.8, 4) is 0 Å². The highest BCUT2D eigenvalue weighted by Crippen LogP contribution is 2.20. The summed E-state index contributed by atoms with van der Waals surface area (Å²) in [5.41, 5.74) is 1.40. The Labute approximate surface area is 154 Å². The highest BCUT2D eigenvalue weighted by molar-refractivity contribution is 7.80. The molecule has 24 heavy (non-hydrogen) atoms. The fourth-order valence-corrected chi connectivity index (χ4v) is 2.35. The molecule has 4 heteroatoms. The fourth-order valence-electron chi connectivity index (χ4n) is 2.15. The topological polar surface area (TPSA) is 38.3 Å². The van der Waals surface area contributed by atoms with Crippen molar-refractivity contribution < 1.29 is 9.53 Å². The van der Waals surface area contributed by atoms with Gasteiger partial charge in [0.05, 0.1) is 12.4 Å². The Bertz CT molecular complexity index is 404. The SMILES string of the molecule is CCC(C)CCC(C)/C(C)=C/C=C(\C)OCCCNC(=O)CCS. The number of hydrogen-bond acceptors (Lipinski definition) is 3. The molecule has 0 fully saturated rings. The number of carbonyl (C=O) groups is 1. The van der Waals surface area contributed by atoms with E-state index in [2.05, 4.69) is 57.8 Å². The van der Waals surface area contributed by atoms with Gasteiger partial charge in [0.2, 0.25) is 5.91 Å². The van der Waals surface area contributed by atoms with E-state index < -0.39 is 0 Å². The summed E-state index contributed by atoms with van der Waals surface area (Å²) < 4.78 is 5.68. The fraction of sp³-hybridized carbons (Fsp3) is 0.750. The molecule has 140 valence electrons. The van der Waals surface area contributed by atoms with Crippen LogP contribution in [-0.4, -0.2) is 24.8 Å². The summed E-state index contributed by atoms with van der Waals surface area (Å²) in [5.74, 6) is 3.00. The van der Waals surface area contributed by atoms with Gasteiger partial charge >= 0.3 is 0 Å². The molecule has 1 amide bonds. The lowest BCUT2D eigenvalue weighted by Crippen LogP contribution is -2.25. The quantitative estimate of drug-likeness (QED) is 0.208. The molecule has 0 heterocycles. The van der Waals surface area contributed by atoms with E-state index in [9.17, 15) is 4.79 Å². The summed E-state index contributed by atoms with van der Waals surface area (Å²) in [6.07, 6.45) is 9.31. The Hall–Kier alpha value is -0.900. The molecule has 0 aromatic carbocycles. The molecule has 0 bridgehead atoms. The van der Waals surface area contributed by atoms with Gasteiger partial charge in [0.15, 0.2) is 0 Å². The van der Waals surface area contributed by atoms with Crippen LogP contribution in [0.25, 0.3) is 0 Å². The predicted molar refractivity (Wildman–Crippen MR) is 107 cm³/mol. The number of thiol groups is 1. The second-order valence-corrected chi connectivity index (χ2v) is 7.15. The third-order valence-electron chi connectivity index (χ3n) is 4.46. The highest BCUT2D eigenvalue weighted by atomic mass is 32.1. The van der Waals surface area contributed by atoms with E-state index in [4.69, 9.17) is 4.74 Å². The van der Waals surface area contributed by atoms with Gasteiger partial charge in [0.25, 0.3) is 0 Å². The van der Waals surface area contributed by atoms with E-state index in [1.807, 2.05) is 6.92 Å². The smallest absolute Gasteiger partial charge is 0.220 e. The first kappa shape index (κ1) is 23.1. The van der Waals surface area contributed by atoms with Crippen LogP contribution in [0.2, 0.25) is 0 Å². The Morgan fingerprint density at radius 1 is 1.21 bits per heavy atom. The second-order valence-electron chi connectivity index (χ2n) is 6.71. The first-order valence-electron chi connectivity index (χ1n) is 9.26. The zero-order valence-electron chi connectivity index (χ0n) is 16.2. The van der Waals surface area contributed by atoms with Crippen molar-refractivity contribution >= 4 is 18.5 Å². The zero-order valence-corrected chi connectivity index (χ0v) is 17.1. The summed E-state index contributed by atoms with van der Waals surface area (Å²) >= 11 is 4.03. The number of rotatable bonds is 13. The molecule has 2 unspecified atom stereocenters. The molecule has 0 aromatic heterocycles. The Balaban J connectivity index is 4.00. The summed E-state index contributed by atoms with van der Waals surface area (Å²) in [6.45, 7) is 12.3. The Morgan fingerprint density at radius 3 is 2.54 bits per heavy atom. The van der Waals surface area contributed by atoms with Gasteiger partial charge in [0, 0.05) is 13.0 Å². The van der Waals surface area contributed by atoms with E-state index in [1.165, 1.54) is 24.8 Å². The molecular weight excluding hydrogens is 318 g/mol. The van der Waals surface area contributed by atoms with Crippen molar-refractivity contribution in [2.24, 2.45) is 11.8 Å². The minimum absolute atomic E-state index is 0.0576. The molecule has 1 N–H and O–H groups in total. The molecule has 0 rings (SSSR count). The lowest BCUT2D eigenvalue weighted by atomic mass is 9.92. The standard InChI is InChI=1S/C20H37NO2S/c1-6-16(2)8-9-17(3)18(4)10-11-19(5)23-14-7-13-21-20(22)12-15-24/h10-11,16-17,24H,6-9,12-15H2,1-5H3,(H,21,22)/b18-10+,19-11+. The molecule has 0 aliphatic carbocycles. The lowest BCUT2D eigenvalue weighted by molar-refractivity contribution is -0.120. The molecule has 0 saturated carbocycles. The second kappa shape index (κ2) is 14.4. The number of hydrogen-bond donors (Lipinski definition) is 2. The van der Waals surface area contributed by atoms with Gasteiger partial charge < -0.3 is 10.1 Å². The van der Waals surface area contributed by atoms with E-state index >= 15 is 0 Å². The van der Waals surface area contributed by atoms with Gasteiger partial charge in [-0.3, -0.25) is 4.79 Å². The molecular formula is C20H37NO2S. The molecule has 0 aromatic rings. The van der Waals surface area contributed by atoms with E-state index in [1.54, 1.807) is 0 Å². The molecule has 3 nitrogen and oxygen atoms in total. The molecule has 0 aliphatic heterocycles. The number of amides is 1. The van der Waals surface area contributed by atoms with Crippen LogP contribution in [0, 0.1) is 11.8 Å². The first-order valence-corrected chi connectivity index (χ1v) is 9.89. The minimum Gasteiger partial charge on any atom is -0.498 e. The maximum Gasteiger partial charge on any atom is 0.220 e. The van der Waals surface area contributed by atoms with Crippen LogP contribution in [0.5, 0.6) is 0 Å². The number of carbonyl (C=O) groups excluding carboxylic acids is 1. The van der Waals surface area contributed by atoms with Gasteiger partial charge in [-0.05, 0) is 50.4 Å². The van der Waals surface area contributed by atoms with Gasteiger partial charge in [-0.2, -0.15) is 12.6 Å². The van der Waals surface area contributed by atoms with Gasteiger partial charge in [0.1, 0.15) is 0 Å². The minimum atomic E-state index is 0.0576. The van der Waals surface area contributed by atoms with Crippen LogP contribution in [0.4, 0.5) is 0 Å². The highest BCUT2D eigenvalue weighted by Gasteiger charge is 2.06. The monoisotopic (exact) mass is 355 g/mol. The Kier molecular flexibility index (Phi) is 13.9. The van der Waals surface area contributed by atoms with Crippen molar-refractivity contribution in [1.82, 2.24) is 5.32 Å². The molecule has 2 atom stereocenters. The molecule has 0 radical (unpaired) electrons. The largest absolute Gasteiger partial charge is 0.498 e. The van der Waals surface area contributed by atoms with Crippen LogP contribution in [0.3, 0.4) is 0 Å². The van der Waals surface area contributed by atoms with E-state index in [0.29, 0.717) is 31.2 Å². The van der Waals surface area contributed by atoms with Crippen LogP contribution in [0.15, 0.2) is 23.5 Å². The molecule has 0 aliphatic rings. The van der Waals surface area contributed by atoms with Gasteiger partial charge in [-0.25, -0.2) is 0 Å². The predicted octanol–water partition coefficient (Wildman–Crippen LogP) is 5.14. The van der Waals surface area contributed by atoms with Crippen molar-refractivity contribution in [3.05, 3.63) is 23.5 Å². The Morgan fingerprint density at radius 2 is 1.92 bits per heavy atom. The van der Waals surface area contributed by atoms with Gasteiger partial charge in [-0.1, -0.05) is 45.3 Å². The average molecular weight is 356 g/mol. The lowest BCUT2D eigenvalue weighted by Gasteiger charge is -2.15. The van der Waals surface area contributed by atoms with Crippen molar-refractivity contribution in [1.29, 1.82) is 0 Å². The average Bonchev–Trinajstić information content (AvgIpc) is 2.56. The zero-order chi connectivity index (χ0) is 18.4. The summed E-state index contributed by atoms with van der Waals surface area (Å²) in [6, 6.07) is 0.